The van der Waals surface area contributed by atoms with Gasteiger partial charge in [0.25, 0.3) is 0 Å². The maximum Gasteiger partial charge on any atom is 0.237 e. The van der Waals surface area contributed by atoms with Gasteiger partial charge in [-0.15, -0.1) is 21.5 Å². The highest BCUT2D eigenvalue weighted by Crippen LogP contribution is 2.23. The van der Waals surface area contributed by atoms with Crippen LogP contribution in [0.5, 0.6) is 0 Å². The number of hydrogen-bond donors (Lipinski definition) is 1. The maximum atomic E-state index is 12.3. The summed E-state index contributed by atoms with van der Waals surface area (Å²) in [5.41, 5.74) is 2.79. The molecule has 0 spiro atoms. The average Bonchev–Trinajstić information content (AvgIpc) is 3.45. The van der Waals surface area contributed by atoms with Gasteiger partial charge >= 0.3 is 0 Å². The van der Waals surface area contributed by atoms with Gasteiger partial charge in [0.05, 0.1) is 5.75 Å². The summed E-state index contributed by atoms with van der Waals surface area (Å²) in [6.45, 7) is 2.03. The highest BCUT2D eigenvalue weighted by Gasteiger charge is 2.14. The van der Waals surface area contributed by atoms with Crippen LogP contribution in [0.25, 0.3) is 11.3 Å². The number of thioether (sulfide) groups is 1. The molecule has 0 aliphatic rings. The van der Waals surface area contributed by atoms with Gasteiger partial charge in [0.2, 0.25) is 11.8 Å². The summed E-state index contributed by atoms with van der Waals surface area (Å²) in [6, 6.07) is 13.8. The van der Waals surface area contributed by atoms with Crippen LogP contribution < -0.4 is 5.32 Å². The van der Waals surface area contributed by atoms with Gasteiger partial charge in [-0.2, -0.15) is 0 Å². The number of nitrogens with one attached hydrogen (secondary N) is 1. The quantitative estimate of drug-likeness (QED) is 0.448. The molecule has 0 fully saturated rings. The lowest BCUT2D eigenvalue weighted by Crippen LogP contribution is -2.14. The Kier molecular flexibility index (Phi) is 5.77. The van der Waals surface area contributed by atoms with Crippen molar-refractivity contribution in [2.75, 3.05) is 11.1 Å². The molecule has 1 amide bonds. The molecule has 4 aromatic rings. The van der Waals surface area contributed by atoms with Crippen molar-refractivity contribution in [2.24, 2.45) is 7.05 Å². The second-order valence-corrected chi connectivity index (χ2v) is 8.47. The molecule has 0 radical (unpaired) electrons. The van der Waals surface area contributed by atoms with Crippen LogP contribution in [0.3, 0.4) is 0 Å². The zero-order valence-electron chi connectivity index (χ0n) is 16.0. The van der Waals surface area contributed by atoms with E-state index < -0.39 is 0 Å². The standard InChI is InChI=1S/C20H19N5O2S2/c1-13-5-7-14(8-6-13)16-11-19(27-24-16)21-18(26)12-29-20-23-22-17(25(20)2)10-15-4-3-9-28-15/h3-9,11H,10,12H2,1-2H3,(H,21,26). The first kappa shape index (κ1) is 19.4. The summed E-state index contributed by atoms with van der Waals surface area (Å²) in [5, 5.41) is 17.9. The lowest BCUT2D eigenvalue weighted by molar-refractivity contribution is -0.113. The summed E-state index contributed by atoms with van der Waals surface area (Å²) in [7, 11) is 1.91. The van der Waals surface area contributed by atoms with Crippen molar-refractivity contribution in [3.8, 4) is 11.3 Å². The zero-order valence-corrected chi connectivity index (χ0v) is 17.6. The van der Waals surface area contributed by atoms with Gasteiger partial charge in [0.15, 0.2) is 5.16 Å². The van der Waals surface area contributed by atoms with E-state index in [1.54, 1.807) is 17.4 Å². The molecule has 4 rings (SSSR count). The molecule has 0 atom stereocenters. The molecule has 0 saturated heterocycles. The molecule has 0 aliphatic heterocycles. The Labute approximate surface area is 176 Å². The number of anilines is 1. The average molecular weight is 426 g/mol. The summed E-state index contributed by atoms with van der Waals surface area (Å²) >= 11 is 3.02. The number of aromatic nitrogens is 4. The number of hydrogen-bond acceptors (Lipinski definition) is 7. The van der Waals surface area contributed by atoms with Gasteiger partial charge in [0.1, 0.15) is 11.5 Å². The normalized spacial score (nSPS) is 11.0. The van der Waals surface area contributed by atoms with Crippen molar-refractivity contribution in [3.63, 3.8) is 0 Å². The number of carbonyl (C=O) groups excluding carboxylic acids is 1. The van der Waals surface area contributed by atoms with Gasteiger partial charge in [-0.05, 0) is 18.4 Å². The monoisotopic (exact) mass is 425 g/mol. The Hall–Kier alpha value is -2.91. The summed E-state index contributed by atoms with van der Waals surface area (Å²) in [6.07, 6.45) is 0.730. The van der Waals surface area contributed by atoms with E-state index in [2.05, 4.69) is 26.7 Å². The van der Waals surface area contributed by atoms with Crippen molar-refractivity contribution in [2.45, 2.75) is 18.5 Å². The maximum absolute atomic E-state index is 12.3. The molecule has 7 nitrogen and oxygen atoms in total. The Morgan fingerprint density at radius 1 is 1.24 bits per heavy atom. The first-order chi connectivity index (χ1) is 14.1. The second-order valence-electron chi connectivity index (χ2n) is 6.49. The predicted octanol–water partition coefficient (Wildman–Crippen LogP) is 4.16. The predicted molar refractivity (Wildman–Crippen MR) is 114 cm³/mol. The second kappa shape index (κ2) is 8.62. The summed E-state index contributed by atoms with van der Waals surface area (Å²) in [5.74, 6) is 1.20. The molecule has 0 aliphatic carbocycles. The first-order valence-electron chi connectivity index (χ1n) is 8.95. The number of thiophene rings is 1. The molecule has 148 valence electrons. The smallest absolute Gasteiger partial charge is 0.237 e. The van der Waals surface area contributed by atoms with Crippen LogP contribution in [0.2, 0.25) is 0 Å². The minimum atomic E-state index is -0.190. The molecule has 9 heteroatoms. The Bertz CT molecular complexity index is 1100. The largest absolute Gasteiger partial charge is 0.338 e. The highest BCUT2D eigenvalue weighted by molar-refractivity contribution is 7.99. The lowest BCUT2D eigenvalue weighted by atomic mass is 10.1. The molecule has 3 aromatic heterocycles. The fraction of sp³-hybridized carbons (Fsp3) is 0.200. The van der Waals surface area contributed by atoms with E-state index in [-0.39, 0.29) is 11.7 Å². The number of amides is 1. The van der Waals surface area contributed by atoms with Crippen molar-refractivity contribution in [1.29, 1.82) is 0 Å². The van der Waals surface area contributed by atoms with Crippen molar-refractivity contribution < 1.29 is 9.32 Å². The van der Waals surface area contributed by atoms with Crippen LogP contribution in [-0.4, -0.2) is 31.6 Å². The molecular weight excluding hydrogens is 406 g/mol. The third-order valence-corrected chi connectivity index (χ3v) is 6.19. The number of benzene rings is 1. The molecule has 1 N–H and O–H groups in total. The van der Waals surface area contributed by atoms with Crippen molar-refractivity contribution in [3.05, 3.63) is 64.1 Å². The van der Waals surface area contributed by atoms with Crippen LogP contribution in [0, 0.1) is 6.92 Å². The molecular formula is C20H19N5O2S2. The number of aryl methyl sites for hydroxylation is 1. The van der Waals surface area contributed by atoms with E-state index in [9.17, 15) is 4.79 Å². The SMILES string of the molecule is Cc1ccc(-c2cc(NC(=O)CSc3nnc(Cc4cccs4)n3C)on2)cc1. The Morgan fingerprint density at radius 3 is 2.83 bits per heavy atom. The third kappa shape index (κ3) is 4.75. The van der Waals surface area contributed by atoms with E-state index in [0.717, 1.165) is 17.8 Å². The van der Waals surface area contributed by atoms with E-state index >= 15 is 0 Å². The number of rotatable bonds is 7. The van der Waals surface area contributed by atoms with E-state index in [1.165, 1.54) is 22.2 Å². The summed E-state index contributed by atoms with van der Waals surface area (Å²) in [4.78, 5) is 13.5. The van der Waals surface area contributed by atoms with Gasteiger partial charge in [-0.25, -0.2) is 0 Å². The molecule has 0 saturated carbocycles. The van der Waals surface area contributed by atoms with Gasteiger partial charge in [0, 0.05) is 30.0 Å². The van der Waals surface area contributed by atoms with E-state index in [0.29, 0.717) is 16.7 Å². The molecule has 3 heterocycles. The van der Waals surface area contributed by atoms with Crippen LogP contribution in [0.1, 0.15) is 16.3 Å². The fourth-order valence-corrected chi connectivity index (χ4v) is 4.12. The van der Waals surface area contributed by atoms with Crippen LogP contribution >= 0.6 is 23.1 Å². The first-order valence-corrected chi connectivity index (χ1v) is 10.8. The lowest BCUT2D eigenvalue weighted by Gasteiger charge is -2.03. The molecule has 0 unspecified atom stereocenters. The number of nitrogens with zero attached hydrogens (tertiary/aromatic N) is 4. The van der Waals surface area contributed by atoms with Gasteiger partial charge in [-0.1, -0.05) is 52.8 Å². The fourth-order valence-electron chi connectivity index (χ4n) is 2.69. The molecule has 0 bridgehead atoms. The van der Waals surface area contributed by atoms with Crippen molar-refractivity contribution in [1.82, 2.24) is 19.9 Å². The van der Waals surface area contributed by atoms with Gasteiger partial charge in [-0.3, -0.25) is 10.1 Å². The third-order valence-electron chi connectivity index (χ3n) is 4.29. The van der Waals surface area contributed by atoms with Crippen LogP contribution in [-0.2, 0) is 18.3 Å². The minimum Gasteiger partial charge on any atom is -0.338 e. The van der Waals surface area contributed by atoms with Crippen LogP contribution in [0.15, 0.2) is 57.5 Å². The zero-order chi connectivity index (χ0) is 20.2. The van der Waals surface area contributed by atoms with Crippen LogP contribution in [0.4, 0.5) is 5.88 Å². The molecule has 1 aromatic carbocycles. The minimum absolute atomic E-state index is 0.190. The van der Waals surface area contributed by atoms with Gasteiger partial charge < -0.3 is 9.09 Å². The topological polar surface area (TPSA) is 85.8 Å². The van der Waals surface area contributed by atoms with E-state index in [1.807, 2.05) is 54.3 Å². The highest BCUT2D eigenvalue weighted by atomic mass is 32.2. The Balaban J connectivity index is 1.33. The molecule has 29 heavy (non-hydrogen) atoms. The van der Waals surface area contributed by atoms with Crippen molar-refractivity contribution >= 4 is 34.9 Å². The number of carbonyl (C=O) groups is 1. The summed E-state index contributed by atoms with van der Waals surface area (Å²) < 4.78 is 7.15. The van der Waals surface area contributed by atoms with E-state index in [4.69, 9.17) is 4.52 Å². The Morgan fingerprint density at radius 2 is 2.07 bits per heavy atom.